The Hall–Kier alpha value is -1.22. The lowest BCUT2D eigenvalue weighted by Gasteiger charge is -2.34. The number of hydrogen-bond acceptors (Lipinski definition) is 3. The first-order chi connectivity index (χ1) is 8.83. The summed E-state index contributed by atoms with van der Waals surface area (Å²) in [6.45, 7) is 8.25. The van der Waals surface area contributed by atoms with Crippen molar-refractivity contribution >= 4 is 5.69 Å². The van der Waals surface area contributed by atoms with Gasteiger partial charge >= 0.3 is 0 Å². The molecule has 1 heterocycles. The van der Waals surface area contributed by atoms with Gasteiger partial charge in [0, 0.05) is 24.8 Å². The highest BCUT2D eigenvalue weighted by atomic mass is 16.5. The fourth-order valence-electron chi connectivity index (χ4n) is 2.59. The van der Waals surface area contributed by atoms with Crippen molar-refractivity contribution in [3.63, 3.8) is 0 Å². The van der Waals surface area contributed by atoms with Gasteiger partial charge in [0.1, 0.15) is 5.75 Å². The Balaban J connectivity index is 1.97. The van der Waals surface area contributed by atoms with Crippen LogP contribution in [0.3, 0.4) is 0 Å². The molecular weight excluding hydrogens is 224 g/mol. The van der Waals surface area contributed by atoms with E-state index in [-0.39, 0.29) is 0 Å². The number of rotatable bonds is 5. The maximum atomic E-state index is 5.48. The van der Waals surface area contributed by atoms with Crippen LogP contribution in [0.2, 0.25) is 0 Å². The van der Waals surface area contributed by atoms with Crippen molar-refractivity contribution in [1.29, 1.82) is 0 Å². The van der Waals surface area contributed by atoms with Crippen LogP contribution in [-0.4, -0.2) is 32.3 Å². The molecule has 1 saturated heterocycles. The van der Waals surface area contributed by atoms with Gasteiger partial charge in [-0.15, -0.1) is 0 Å². The topological polar surface area (TPSA) is 24.5 Å². The second-order valence-corrected chi connectivity index (χ2v) is 4.77. The minimum atomic E-state index is 0.635. The fraction of sp³-hybridized carbons (Fsp3) is 0.600. The number of ether oxygens (including phenoxy) is 1. The summed E-state index contributed by atoms with van der Waals surface area (Å²) in [7, 11) is 0. The van der Waals surface area contributed by atoms with E-state index in [4.69, 9.17) is 4.74 Å². The minimum absolute atomic E-state index is 0.635. The molecule has 1 unspecified atom stereocenters. The number of benzene rings is 1. The third-order valence-electron chi connectivity index (χ3n) is 3.43. The summed E-state index contributed by atoms with van der Waals surface area (Å²) in [5.74, 6) is 0.960. The Morgan fingerprint density at radius 1 is 1.28 bits per heavy atom. The highest BCUT2D eigenvalue weighted by Crippen LogP contribution is 2.22. The summed E-state index contributed by atoms with van der Waals surface area (Å²) in [6.07, 6.45) is 2.56. The molecule has 1 atom stereocenters. The third-order valence-corrected chi connectivity index (χ3v) is 3.43. The molecule has 0 radical (unpaired) electrons. The molecule has 0 saturated carbocycles. The molecule has 0 bridgehead atoms. The molecule has 18 heavy (non-hydrogen) atoms. The quantitative estimate of drug-likeness (QED) is 0.867. The molecule has 1 fully saturated rings. The molecule has 3 heteroatoms. The zero-order valence-electron chi connectivity index (χ0n) is 11.5. The van der Waals surface area contributed by atoms with Crippen LogP contribution in [0.5, 0.6) is 5.75 Å². The average Bonchev–Trinajstić information content (AvgIpc) is 2.41. The molecule has 1 N–H and O–H groups in total. The van der Waals surface area contributed by atoms with Crippen molar-refractivity contribution in [1.82, 2.24) is 5.32 Å². The van der Waals surface area contributed by atoms with Crippen LogP contribution in [0.1, 0.15) is 26.7 Å². The summed E-state index contributed by atoms with van der Waals surface area (Å²) >= 11 is 0. The minimum Gasteiger partial charge on any atom is -0.494 e. The van der Waals surface area contributed by atoms with E-state index in [0.717, 1.165) is 32.0 Å². The van der Waals surface area contributed by atoms with Gasteiger partial charge < -0.3 is 15.0 Å². The predicted molar refractivity (Wildman–Crippen MR) is 76.5 cm³/mol. The normalized spacial score (nSPS) is 19.9. The molecule has 2 rings (SSSR count). The van der Waals surface area contributed by atoms with Crippen LogP contribution in [0.4, 0.5) is 5.69 Å². The van der Waals surface area contributed by atoms with Crippen molar-refractivity contribution < 1.29 is 4.74 Å². The molecule has 0 spiro atoms. The molecule has 100 valence electrons. The smallest absolute Gasteiger partial charge is 0.119 e. The van der Waals surface area contributed by atoms with Crippen molar-refractivity contribution in [2.24, 2.45) is 0 Å². The van der Waals surface area contributed by atoms with Gasteiger partial charge in [-0.05, 0) is 50.6 Å². The molecule has 1 aromatic rings. The van der Waals surface area contributed by atoms with Crippen LogP contribution in [0.25, 0.3) is 0 Å². The van der Waals surface area contributed by atoms with Crippen molar-refractivity contribution in [2.45, 2.75) is 32.7 Å². The van der Waals surface area contributed by atoms with E-state index in [0.29, 0.717) is 6.04 Å². The van der Waals surface area contributed by atoms with E-state index in [1.807, 2.05) is 6.92 Å². The number of anilines is 1. The Morgan fingerprint density at radius 2 is 2.06 bits per heavy atom. The highest BCUT2D eigenvalue weighted by Gasteiger charge is 2.18. The van der Waals surface area contributed by atoms with Crippen molar-refractivity contribution in [2.75, 3.05) is 31.1 Å². The number of likely N-dealkylation sites (N-methyl/N-ethyl adjacent to an activating group) is 1. The monoisotopic (exact) mass is 248 g/mol. The first-order valence-corrected chi connectivity index (χ1v) is 7.04. The van der Waals surface area contributed by atoms with E-state index in [1.54, 1.807) is 0 Å². The third kappa shape index (κ3) is 3.39. The zero-order valence-corrected chi connectivity index (χ0v) is 11.5. The first kappa shape index (κ1) is 13.2. The lowest BCUT2D eigenvalue weighted by atomic mass is 10.0. The van der Waals surface area contributed by atoms with Crippen LogP contribution in [0, 0.1) is 0 Å². The summed E-state index contributed by atoms with van der Waals surface area (Å²) in [5, 5.41) is 3.55. The molecule has 0 amide bonds. The largest absolute Gasteiger partial charge is 0.494 e. The van der Waals surface area contributed by atoms with Crippen LogP contribution in [-0.2, 0) is 0 Å². The van der Waals surface area contributed by atoms with Gasteiger partial charge in [0.25, 0.3) is 0 Å². The van der Waals surface area contributed by atoms with Gasteiger partial charge in [0.05, 0.1) is 6.61 Å². The Kier molecular flexibility index (Phi) is 4.88. The summed E-state index contributed by atoms with van der Waals surface area (Å²) in [5.41, 5.74) is 1.31. The molecule has 1 aliphatic rings. The molecule has 3 nitrogen and oxygen atoms in total. The maximum absolute atomic E-state index is 5.48. The SMILES string of the molecule is CCNC1CCCN(c2ccc(OCC)cc2)C1. The van der Waals surface area contributed by atoms with Gasteiger partial charge in [-0.3, -0.25) is 0 Å². The van der Waals surface area contributed by atoms with Gasteiger partial charge in [-0.2, -0.15) is 0 Å². The van der Waals surface area contributed by atoms with E-state index in [9.17, 15) is 0 Å². The van der Waals surface area contributed by atoms with E-state index < -0.39 is 0 Å². The molecule has 1 aliphatic heterocycles. The summed E-state index contributed by atoms with van der Waals surface area (Å²) in [6, 6.07) is 9.10. The first-order valence-electron chi connectivity index (χ1n) is 7.04. The molecule has 1 aromatic carbocycles. The predicted octanol–water partition coefficient (Wildman–Crippen LogP) is 2.66. The second kappa shape index (κ2) is 6.64. The van der Waals surface area contributed by atoms with Gasteiger partial charge in [-0.1, -0.05) is 6.92 Å². The van der Waals surface area contributed by atoms with Crippen LogP contribution in [0.15, 0.2) is 24.3 Å². The highest BCUT2D eigenvalue weighted by molar-refractivity contribution is 5.49. The van der Waals surface area contributed by atoms with Crippen LogP contribution >= 0.6 is 0 Å². The van der Waals surface area contributed by atoms with Crippen LogP contribution < -0.4 is 15.0 Å². The number of piperidine rings is 1. The van der Waals surface area contributed by atoms with Gasteiger partial charge in [0.2, 0.25) is 0 Å². The Morgan fingerprint density at radius 3 is 2.72 bits per heavy atom. The number of nitrogens with one attached hydrogen (secondary N) is 1. The second-order valence-electron chi connectivity index (χ2n) is 4.77. The Bertz CT molecular complexity index is 348. The standard InChI is InChI=1S/C15H24N2O/c1-3-16-13-6-5-11-17(12-13)14-7-9-15(10-8-14)18-4-2/h7-10,13,16H,3-6,11-12H2,1-2H3. The van der Waals surface area contributed by atoms with Gasteiger partial charge in [-0.25, -0.2) is 0 Å². The van der Waals surface area contributed by atoms with Crippen molar-refractivity contribution in [3.8, 4) is 5.75 Å². The maximum Gasteiger partial charge on any atom is 0.119 e. The molecule has 0 aliphatic carbocycles. The lowest BCUT2D eigenvalue weighted by Crippen LogP contribution is -2.45. The van der Waals surface area contributed by atoms with Crippen molar-refractivity contribution in [3.05, 3.63) is 24.3 Å². The Labute approximate surface area is 110 Å². The number of nitrogens with zero attached hydrogens (tertiary/aromatic N) is 1. The van der Waals surface area contributed by atoms with E-state index in [1.165, 1.54) is 18.5 Å². The summed E-state index contributed by atoms with van der Waals surface area (Å²) in [4.78, 5) is 2.46. The van der Waals surface area contributed by atoms with E-state index >= 15 is 0 Å². The summed E-state index contributed by atoms with van der Waals surface area (Å²) < 4.78 is 5.48. The number of hydrogen-bond donors (Lipinski definition) is 1. The molecular formula is C15H24N2O. The fourth-order valence-corrected chi connectivity index (χ4v) is 2.59. The lowest BCUT2D eigenvalue weighted by molar-refractivity contribution is 0.340. The zero-order chi connectivity index (χ0) is 12.8. The average molecular weight is 248 g/mol. The molecule has 0 aromatic heterocycles. The van der Waals surface area contributed by atoms with E-state index in [2.05, 4.69) is 41.4 Å². The van der Waals surface area contributed by atoms with Gasteiger partial charge in [0.15, 0.2) is 0 Å².